The first kappa shape index (κ1) is 21.8. The van der Waals surface area contributed by atoms with E-state index < -0.39 is 0 Å². The average molecular weight is 439 g/mol. The zero-order chi connectivity index (χ0) is 21.8. The highest BCUT2D eigenvalue weighted by molar-refractivity contribution is 6.30. The molecule has 3 aromatic rings. The molecular formula is C26H28ClFN2O. The molecule has 1 aliphatic carbocycles. The highest BCUT2D eigenvalue weighted by Gasteiger charge is 2.32. The van der Waals surface area contributed by atoms with Gasteiger partial charge in [-0.05, 0) is 98.0 Å². The molecule has 1 atom stereocenters. The maximum Gasteiger partial charge on any atom is 0.227 e. The Morgan fingerprint density at radius 1 is 1.13 bits per heavy atom. The molecule has 0 saturated heterocycles. The number of halogens is 2. The van der Waals surface area contributed by atoms with Crippen molar-refractivity contribution < 1.29 is 9.18 Å². The summed E-state index contributed by atoms with van der Waals surface area (Å²) in [6, 6.07) is 14.1. The number of rotatable bonds is 6. The van der Waals surface area contributed by atoms with Crippen LogP contribution in [0, 0.1) is 17.7 Å². The number of carbonyl (C=O) groups is 1. The van der Waals surface area contributed by atoms with Gasteiger partial charge in [-0.1, -0.05) is 24.9 Å². The summed E-state index contributed by atoms with van der Waals surface area (Å²) in [4.78, 5) is 17.4. The quantitative estimate of drug-likeness (QED) is 0.437. The lowest BCUT2D eigenvalue weighted by molar-refractivity contribution is -0.122. The van der Waals surface area contributed by atoms with Gasteiger partial charge in [0.2, 0.25) is 5.91 Å². The maximum absolute atomic E-state index is 13.8. The van der Waals surface area contributed by atoms with E-state index in [4.69, 9.17) is 11.6 Å². The fourth-order valence-electron chi connectivity index (χ4n) is 4.99. The number of anilines is 1. The first-order chi connectivity index (χ1) is 15.0. The van der Waals surface area contributed by atoms with Gasteiger partial charge < -0.3 is 5.32 Å². The molecule has 162 valence electrons. The summed E-state index contributed by atoms with van der Waals surface area (Å²) in [6.07, 6.45) is 7.71. The summed E-state index contributed by atoms with van der Waals surface area (Å²) in [5.41, 5.74) is 2.81. The molecule has 0 bridgehead atoms. The zero-order valence-electron chi connectivity index (χ0n) is 17.8. The van der Waals surface area contributed by atoms with E-state index in [9.17, 15) is 9.18 Å². The van der Waals surface area contributed by atoms with Gasteiger partial charge in [0, 0.05) is 28.2 Å². The molecule has 1 amide bonds. The van der Waals surface area contributed by atoms with Gasteiger partial charge in [0.1, 0.15) is 5.82 Å². The second-order valence-corrected chi connectivity index (χ2v) is 9.00. The number of aromatic nitrogens is 1. The van der Waals surface area contributed by atoms with E-state index in [0.29, 0.717) is 16.9 Å². The Labute approximate surface area is 188 Å². The Hall–Kier alpha value is -2.46. The van der Waals surface area contributed by atoms with Gasteiger partial charge in [-0.3, -0.25) is 9.78 Å². The van der Waals surface area contributed by atoms with Crippen molar-refractivity contribution in [3.8, 4) is 0 Å². The highest BCUT2D eigenvalue weighted by atomic mass is 35.5. The van der Waals surface area contributed by atoms with Crippen molar-refractivity contribution in [3.63, 3.8) is 0 Å². The molecule has 5 heteroatoms. The number of nitrogens with zero attached hydrogens (tertiary/aromatic N) is 1. The molecule has 1 heterocycles. The minimum atomic E-state index is -0.225. The number of hydrogen-bond acceptors (Lipinski definition) is 2. The van der Waals surface area contributed by atoms with Crippen LogP contribution in [0.25, 0.3) is 10.9 Å². The number of nitrogens with one attached hydrogen (secondary N) is 1. The second-order valence-electron chi connectivity index (χ2n) is 8.56. The molecule has 0 aliphatic heterocycles. The number of benzene rings is 2. The third kappa shape index (κ3) is 5.07. The van der Waals surface area contributed by atoms with Gasteiger partial charge in [-0.2, -0.15) is 0 Å². The number of pyridine rings is 1. The van der Waals surface area contributed by atoms with Crippen LogP contribution in [0.5, 0.6) is 0 Å². The van der Waals surface area contributed by atoms with Gasteiger partial charge in [0.15, 0.2) is 0 Å². The summed E-state index contributed by atoms with van der Waals surface area (Å²) in [7, 11) is 0. The molecule has 0 spiro atoms. The monoisotopic (exact) mass is 438 g/mol. The van der Waals surface area contributed by atoms with Crippen LogP contribution in [-0.2, 0) is 4.79 Å². The second kappa shape index (κ2) is 9.78. The van der Waals surface area contributed by atoms with Crippen molar-refractivity contribution in [1.29, 1.82) is 0 Å². The summed E-state index contributed by atoms with van der Waals surface area (Å²) in [6.45, 7) is 2.13. The molecule has 0 radical (unpaired) electrons. The summed E-state index contributed by atoms with van der Waals surface area (Å²) < 4.78 is 13.8. The standard InChI is InChI=1S/C26H28ClFN2O/c1-2-3-23(26(31)30-21-11-8-19(27)9-12-21)18-6-4-17(5-7-18)22-14-15-29-25-13-10-20(28)16-24(22)25/h8-18,23H,2-7H2,1H3,(H,30,31). The van der Waals surface area contributed by atoms with E-state index in [-0.39, 0.29) is 17.6 Å². The van der Waals surface area contributed by atoms with Crippen molar-refractivity contribution in [1.82, 2.24) is 4.98 Å². The molecule has 1 saturated carbocycles. The minimum Gasteiger partial charge on any atom is -0.326 e. The maximum atomic E-state index is 13.8. The Morgan fingerprint density at radius 3 is 2.58 bits per heavy atom. The molecule has 1 fully saturated rings. The van der Waals surface area contributed by atoms with Crippen molar-refractivity contribution in [2.75, 3.05) is 5.32 Å². The van der Waals surface area contributed by atoms with Crippen LogP contribution in [0.1, 0.15) is 56.9 Å². The number of hydrogen-bond donors (Lipinski definition) is 1. The van der Waals surface area contributed by atoms with Crippen molar-refractivity contribution >= 4 is 34.1 Å². The zero-order valence-corrected chi connectivity index (χ0v) is 18.5. The molecule has 1 unspecified atom stereocenters. The first-order valence-electron chi connectivity index (χ1n) is 11.2. The average Bonchev–Trinajstić information content (AvgIpc) is 2.78. The molecule has 1 aromatic heterocycles. The van der Waals surface area contributed by atoms with Crippen molar-refractivity contribution in [2.45, 2.75) is 51.4 Å². The number of amides is 1. The molecule has 31 heavy (non-hydrogen) atoms. The van der Waals surface area contributed by atoms with E-state index in [0.717, 1.165) is 55.1 Å². The van der Waals surface area contributed by atoms with Gasteiger partial charge in [-0.15, -0.1) is 0 Å². The summed E-state index contributed by atoms with van der Waals surface area (Å²) >= 11 is 5.95. The molecular weight excluding hydrogens is 411 g/mol. The van der Waals surface area contributed by atoms with E-state index in [1.807, 2.05) is 24.4 Å². The predicted molar refractivity (Wildman–Crippen MR) is 125 cm³/mol. The Morgan fingerprint density at radius 2 is 1.87 bits per heavy atom. The fourth-order valence-corrected chi connectivity index (χ4v) is 5.11. The Balaban J connectivity index is 1.45. The van der Waals surface area contributed by atoms with E-state index in [1.54, 1.807) is 24.3 Å². The molecule has 2 aromatic carbocycles. The third-order valence-electron chi connectivity index (χ3n) is 6.57. The Bertz CT molecular complexity index is 1040. The van der Waals surface area contributed by atoms with E-state index >= 15 is 0 Å². The van der Waals surface area contributed by atoms with Crippen LogP contribution >= 0.6 is 11.6 Å². The van der Waals surface area contributed by atoms with Crippen molar-refractivity contribution in [2.24, 2.45) is 11.8 Å². The largest absolute Gasteiger partial charge is 0.326 e. The normalized spacial score (nSPS) is 19.8. The first-order valence-corrected chi connectivity index (χ1v) is 11.5. The lowest BCUT2D eigenvalue weighted by Crippen LogP contribution is -2.31. The lowest BCUT2D eigenvalue weighted by atomic mass is 9.72. The Kier molecular flexibility index (Phi) is 6.86. The van der Waals surface area contributed by atoms with E-state index in [1.165, 1.54) is 11.6 Å². The number of carbonyl (C=O) groups excluding carboxylic acids is 1. The van der Waals surface area contributed by atoms with Gasteiger partial charge >= 0.3 is 0 Å². The van der Waals surface area contributed by atoms with Crippen LogP contribution < -0.4 is 5.32 Å². The van der Waals surface area contributed by atoms with Crippen LogP contribution in [0.4, 0.5) is 10.1 Å². The van der Waals surface area contributed by atoms with Gasteiger partial charge in [0.25, 0.3) is 0 Å². The van der Waals surface area contributed by atoms with Crippen LogP contribution in [-0.4, -0.2) is 10.9 Å². The van der Waals surface area contributed by atoms with Gasteiger partial charge in [0.05, 0.1) is 5.52 Å². The number of fused-ring (bicyclic) bond motifs is 1. The fraction of sp³-hybridized carbons (Fsp3) is 0.385. The minimum absolute atomic E-state index is 0.00765. The third-order valence-corrected chi connectivity index (χ3v) is 6.82. The van der Waals surface area contributed by atoms with Crippen molar-refractivity contribution in [3.05, 3.63) is 71.1 Å². The van der Waals surface area contributed by atoms with Crippen LogP contribution in [0.3, 0.4) is 0 Å². The van der Waals surface area contributed by atoms with Crippen LogP contribution in [0.2, 0.25) is 5.02 Å². The summed E-state index contributed by atoms with van der Waals surface area (Å²) in [5, 5.41) is 4.65. The SMILES string of the molecule is CCCC(C(=O)Nc1ccc(Cl)cc1)C1CCC(c2ccnc3ccc(F)cc23)CC1. The smallest absolute Gasteiger partial charge is 0.227 e. The lowest BCUT2D eigenvalue weighted by Gasteiger charge is -2.34. The molecule has 1 aliphatic rings. The topological polar surface area (TPSA) is 42.0 Å². The van der Waals surface area contributed by atoms with E-state index in [2.05, 4.69) is 17.2 Å². The summed E-state index contributed by atoms with van der Waals surface area (Å²) in [5.74, 6) is 0.633. The van der Waals surface area contributed by atoms with Crippen LogP contribution in [0.15, 0.2) is 54.7 Å². The molecule has 1 N–H and O–H groups in total. The molecule has 4 rings (SSSR count). The van der Waals surface area contributed by atoms with Gasteiger partial charge in [-0.25, -0.2) is 4.39 Å². The predicted octanol–water partition coefficient (Wildman–Crippen LogP) is 7.36. The highest BCUT2D eigenvalue weighted by Crippen LogP contribution is 2.42. The molecule has 3 nitrogen and oxygen atoms in total.